The third-order valence-corrected chi connectivity index (χ3v) is 1.97. The van der Waals surface area contributed by atoms with Gasteiger partial charge in [0.05, 0.1) is 0 Å². The van der Waals surface area contributed by atoms with E-state index in [1.807, 2.05) is 0 Å². The minimum Gasteiger partial charge on any atom is -0.478 e. The van der Waals surface area contributed by atoms with Crippen LogP contribution >= 0.6 is 0 Å². The van der Waals surface area contributed by atoms with Crippen molar-refractivity contribution in [2.45, 2.75) is 0 Å². The highest BCUT2D eigenvalue weighted by Crippen LogP contribution is 2.10. The van der Waals surface area contributed by atoms with E-state index < -0.39 is 17.8 Å². The smallest absolute Gasteiger partial charge is 0.328 e. The van der Waals surface area contributed by atoms with Crippen LogP contribution in [0.15, 0.2) is 42.5 Å². The molecule has 0 aliphatic heterocycles. The van der Waals surface area contributed by atoms with E-state index in [2.05, 4.69) is 5.32 Å². The van der Waals surface area contributed by atoms with Gasteiger partial charge in [-0.1, -0.05) is 12.1 Å². The Morgan fingerprint density at radius 2 is 1.47 bits per heavy atom. The molecule has 0 radical (unpaired) electrons. The van der Waals surface area contributed by atoms with Crippen LogP contribution in [-0.4, -0.2) is 28.1 Å². The fraction of sp³-hybridized carbons (Fsp3) is 0. The Morgan fingerprint density at radius 1 is 0.895 bits per heavy atom. The van der Waals surface area contributed by atoms with Crippen molar-refractivity contribution < 1.29 is 24.6 Å². The molecule has 0 atom stereocenters. The Morgan fingerprint density at radius 3 is 2.00 bits per heavy atom. The molecule has 1 aromatic carbocycles. The first-order valence-electron chi connectivity index (χ1n) is 5.20. The molecule has 0 bridgehead atoms. The maximum atomic E-state index is 11.3. The SMILES string of the molecule is O=C(O)/C=C\C(=O)Nc1ccc(/C=C/C(=O)O)cc1. The number of carbonyl (C=O) groups is 3. The predicted molar refractivity (Wildman–Crippen MR) is 68.5 cm³/mol. The maximum absolute atomic E-state index is 11.3. The lowest BCUT2D eigenvalue weighted by molar-refractivity contribution is -0.132. The van der Waals surface area contributed by atoms with Gasteiger partial charge in [-0.15, -0.1) is 0 Å². The Labute approximate surface area is 108 Å². The van der Waals surface area contributed by atoms with Gasteiger partial charge in [-0.3, -0.25) is 4.79 Å². The highest BCUT2D eigenvalue weighted by Gasteiger charge is 1.98. The molecular weight excluding hydrogens is 250 g/mol. The van der Waals surface area contributed by atoms with E-state index in [1.54, 1.807) is 24.3 Å². The van der Waals surface area contributed by atoms with Gasteiger partial charge in [-0.2, -0.15) is 0 Å². The van der Waals surface area contributed by atoms with Crippen molar-refractivity contribution in [3.63, 3.8) is 0 Å². The standard InChI is InChI=1S/C13H11NO5/c15-11(6-8-13(18)19)14-10-4-1-9(2-5-10)3-7-12(16)17/h1-8H,(H,14,15)(H,16,17)(H,18,19)/b7-3+,8-6-. The van der Waals surface area contributed by atoms with E-state index in [-0.39, 0.29) is 0 Å². The first-order chi connectivity index (χ1) is 8.97. The maximum Gasteiger partial charge on any atom is 0.328 e. The van der Waals surface area contributed by atoms with Crippen LogP contribution < -0.4 is 5.32 Å². The molecule has 0 fully saturated rings. The summed E-state index contributed by atoms with van der Waals surface area (Å²) >= 11 is 0. The van der Waals surface area contributed by atoms with Crippen LogP contribution in [0.2, 0.25) is 0 Å². The fourth-order valence-corrected chi connectivity index (χ4v) is 1.18. The third-order valence-electron chi connectivity index (χ3n) is 1.97. The zero-order chi connectivity index (χ0) is 14.3. The lowest BCUT2D eigenvalue weighted by Gasteiger charge is -2.02. The van der Waals surface area contributed by atoms with Gasteiger partial charge >= 0.3 is 11.9 Å². The Bertz CT molecular complexity index is 543. The van der Waals surface area contributed by atoms with E-state index in [0.29, 0.717) is 11.3 Å². The van der Waals surface area contributed by atoms with Crippen LogP contribution in [0.1, 0.15) is 5.56 Å². The summed E-state index contributed by atoms with van der Waals surface area (Å²) in [7, 11) is 0. The topological polar surface area (TPSA) is 104 Å². The average Bonchev–Trinajstić information content (AvgIpc) is 2.35. The number of benzene rings is 1. The van der Waals surface area contributed by atoms with E-state index in [9.17, 15) is 14.4 Å². The summed E-state index contributed by atoms with van der Waals surface area (Å²) in [6.45, 7) is 0. The number of amides is 1. The Hall–Kier alpha value is -2.89. The highest BCUT2D eigenvalue weighted by molar-refractivity contribution is 6.02. The fourth-order valence-electron chi connectivity index (χ4n) is 1.18. The number of hydrogen-bond donors (Lipinski definition) is 3. The molecule has 98 valence electrons. The normalized spacial score (nSPS) is 10.7. The van der Waals surface area contributed by atoms with Crippen molar-refractivity contribution in [2.24, 2.45) is 0 Å². The molecule has 0 aliphatic carbocycles. The number of carboxylic acid groups (broad SMARTS) is 2. The summed E-state index contributed by atoms with van der Waals surface area (Å²) in [5.74, 6) is -2.81. The predicted octanol–water partition coefficient (Wildman–Crippen LogP) is 1.36. The number of anilines is 1. The summed E-state index contributed by atoms with van der Waals surface area (Å²) in [6, 6.07) is 6.40. The van der Waals surface area contributed by atoms with Crippen LogP contribution in [-0.2, 0) is 14.4 Å². The number of rotatable bonds is 5. The van der Waals surface area contributed by atoms with Crippen LogP contribution in [0.25, 0.3) is 6.08 Å². The van der Waals surface area contributed by atoms with Crippen molar-refractivity contribution >= 4 is 29.6 Å². The summed E-state index contributed by atoms with van der Waals surface area (Å²) in [4.78, 5) is 31.8. The third kappa shape index (κ3) is 5.83. The largest absolute Gasteiger partial charge is 0.478 e. The van der Waals surface area contributed by atoms with Gasteiger partial charge in [0.15, 0.2) is 0 Å². The van der Waals surface area contributed by atoms with E-state index in [1.165, 1.54) is 6.08 Å². The van der Waals surface area contributed by atoms with Gasteiger partial charge in [0.2, 0.25) is 5.91 Å². The molecule has 0 aromatic heterocycles. The van der Waals surface area contributed by atoms with Crippen molar-refractivity contribution in [1.29, 1.82) is 0 Å². The molecule has 6 heteroatoms. The summed E-state index contributed by atoms with van der Waals surface area (Å²) in [5.41, 5.74) is 1.15. The van der Waals surface area contributed by atoms with Gasteiger partial charge in [0.1, 0.15) is 0 Å². The van der Waals surface area contributed by atoms with Crippen LogP contribution in [0, 0.1) is 0 Å². The van der Waals surface area contributed by atoms with Gasteiger partial charge in [-0.05, 0) is 23.8 Å². The minimum atomic E-state index is -1.20. The molecule has 1 amide bonds. The van der Waals surface area contributed by atoms with Crippen molar-refractivity contribution in [3.8, 4) is 0 Å². The Kier molecular flexibility index (Phi) is 5.04. The average molecular weight is 261 g/mol. The summed E-state index contributed by atoms with van der Waals surface area (Å²) in [5, 5.41) is 19.3. The molecule has 1 rings (SSSR count). The molecule has 0 heterocycles. The number of aliphatic carboxylic acids is 2. The van der Waals surface area contributed by atoms with Crippen LogP contribution in [0.4, 0.5) is 5.69 Å². The summed E-state index contributed by atoms with van der Waals surface area (Å²) in [6.07, 6.45) is 4.06. The number of hydrogen-bond acceptors (Lipinski definition) is 3. The van der Waals surface area contributed by atoms with Gasteiger partial charge < -0.3 is 15.5 Å². The zero-order valence-electron chi connectivity index (χ0n) is 9.74. The Balaban J connectivity index is 2.64. The van der Waals surface area contributed by atoms with Crippen LogP contribution in [0.3, 0.4) is 0 Å². The van der Waals surface area contributed by atoms with Crippen molar-refractivity contribution in [3.05, 3.63) is 48.1 Å². The second-order valence-corrected chi connectivity index (χ2v) is 3.45. The molecule has 0 saturated carbocycles. The second kappa shape index (κ2) is 6.75. The van der Waals surface area contributed by atoms with E-state index in [4.69, 9.17) is 10.2 Å². The molecule has 3 N–H and O–H groups in total. The van der Waals surface area contributed by atoms with E-state index >= 15 is 0 Å². The molecule has 0 saturated heterocycles. The lowest BCUT2D eigenvalue weighted by Crippen LogP contribution is -2.08. The zero-order valence-corrected chi connectivity index (χ0v) is 9.74. The monoisotopic (exact) mass is 261 g/mol. The summed E-state index contributed by atoms with van der Waals surface area (Å²) < 4.78 is 0. The van der Waals surface area contributed by atoms with Gasteiger partial charge in [0.25, 0.3) is 0 Å². The van der Waals surface area contributed by atoms with Crippen LogP contribution in [0.5, 0.6) is 0 Å². The molecule has 19 heavy (non-hydrogen) atoms. The molecule has 6 nitrogen and oxygen atoms in total. The van der Waals surface area contributed by atoms with Crippen molar-refractivity contribution in [1.82, 2.24) is 0 Å². The van der Waals surface area contributed by atoms with Gasteiger partial charge in [-0.25, -0.2) is 9.59 Å². The number of nitrogens with one attached hydrogen (secondary N) is 1. The molecular formula is C13H11NO5. The lowest BCUT2D eigenvalue weighted by atomic mass is 10.2. The molecule has 1 aromatic rings. The van der Waals surface area contributed by atoms with Crippen molar-refractivity contribution in [2.75, 3.05) is 5.32 Å². The quantitative estimate of drug-likeness (QED) is 0.694. The van der Waals surface area contributed by atoms with E-state index in [0.717, 1.165) is 18.2 Å². The molecule has 0 spiro atoms. The first-order valence-corrected chi connectivity index (χ1v) is 5.20. The second-order valence-electron chi connectivity index (χ2n) is 3.45. The number of carbonyl (C=O) groups excluding carboxylic acids is 1. The minimum absolute atomic E-state index is 0.479. The molecule has 0 unspecified atom stereocenters. The molecule has 0 aliphatic rings. The highest BCUT2D eigenvalue weighted by atomic mass is 16.4. The first kappa shape index (κ1) is 14.2. The van der Waals surface area contributed by atoms with Gasteiger partial charge in [0, 0.05) is 23.9 Å². The number of carboxylic acids is 2.